The second-order valence-corrected chi connectivity index (χ2v) is 5.01. The third-order valence-electron chi connectivity index (χ3n) is 3.10. The number of hydrogen-bond donors (Lipinski definition) is 2. The minimum absolute atomic E-state index is 0.102. The molecule has 0 aliphatic rings. The highest BCUT2D eigenvalue weighted by molar-refractivity contribution is 6.02. The number of primary amides is 1. The van der Waals surface area contributed by atoms with E-state index in [4.69, 9.17) is 15.2 Å². The fourth-order valence-corrected chi connectivity index (χ4v) is 1.89. The Balaban J connectivity index is 2.04. The number of nitrogens with one attached hydrogen (secondary N) is 1. The molecule has 0 atom stereocenters. The van der Waals surface area contributed by atoms with E-state index >= 15 is 0 Å². The lowest BCUT2D eigenvalue weighted by Gasteiger charge is -2.08. The van der Waals surface area contributed by atoms with Crippen molar-refractivity contribution in [1.82, 2.24) is 9.78 Å². The number of carbonyl (C=O) groups is 2. The molecule has 0 saturated carbocycles. The minimum Gasteiger partial charge on any atom is -0.484 e. The van der Waals surface area contributed by atoms with E-state index in [1.54, 1.807) is 24.3 Å². The highest BCUT2D eigenvalue weighted by Crippen LogP contribution is 2.16. The van der Waals surface area contributed by atoms with Gasteiger partial charge in [0.05, 0.1) is 13.2 Å². The largest absolute Gasteiger partial charge is 0.484 e. The summed E-state index contributed by atoms with van der Waals surface area (Å²) >= 11 is 0. The van der Waals surface area contributed by atoms with Gasteiger partial charge in [-0.15, -0.1) is 0 Å². The molecule has 0 spiro atoms. The van der Waals surface area contributed by atoms with E-state index in [2.05, 4.69) is 10.4 Å². The number of benzene rings is 1. The molecule has 0 aliphatic carbocycles. The third-order valence-corrected chi connectivity index (χ3v) is 3.10. The third kappa shape index (κ3) is 5.43. The summed E-state index contributed by atoms with van der Waals surface area (Å²) in [7, 11) is 1.51. The van der Waals surface area contributed by atoms with E-state index in [0.29, 0.717) is 18.0 Å². The van der Waals surface area contributed by atoms with Crippen LogP contribution >= 0.6 is 0 Å². The summed E-state index contributed by atoms with van der Waals surface area (Å²) in [6, 6.07) is 9.02. The number of rotatable bonds is 8. The van der Waals surface area contributed by atoms with Gasteiger partial charge in [-0.25, -0.2) is 4.68 Å². The van der Waals surface area contributed by atoms with Gasteiger partial charge in [0.1, 0.15) is 11.4 Å². The number of nitrogens with zero attached hydrogens (tertiary/aromatic N) is 2. The highest BCUT2D eigenvalue weighted by atomic mass is 16.5. The normalized spacial score (nSPS) is 10.3. The van der Waals surface area contributed by atoms with Crippen LogP contribution in [0.5, 0.6) is 5.75 Å². The average molecular weight is 346 g/mol. The maximum atomic E-state index is 12.2. The highest BCUT2D eigenvalue weighted by Gasteiger charge is 2.10. The molecule has 2 rings (SSSR count). The van der Waals surface area contributed by atoms with Crippen LogP contribution in [0, 0.1) is 0 Å². The zero-order valence-corrected chi connectivity index (χ0v) is 13.6. The standard InChI is InChI=1S/C16H18N4O5/c1-24-9-8-20-15(22)7-6-13(19-20)16(23)18-11-2-4-12(5-3-11)25-10-14(17)21/h2-7H,8-10H2,1H3,(H2,17,21)(H,18,23). The molecule has 0 fully saturated rings. The number of anilines is 1. The second-order valence-electron chi connectivity index (χ2n) is 5.01. The van der Waals surface area contributed by atoms with Gasteiger partial charge in [0.15, 0.2) is 6.61 Å². The van der Waals surface area contributed by atoms with Gasteiger partial charge in [-0.05, 0) is 30.3 Å². The molecule has 25 heavy (non-hydrogen) atoms. The quantitative estimate of drug-likeness (QED) is 0.693. The van der Waals surface area contributed by atoms with Gasteiger partial charge in [-0.2, -0.15) is 5.10 Å². The second kappa shape index (κ2) is 8.60. The molecule has 1 heterocycles. The van der Waals surface area contributed by atoms with Crippen LogP contribution in [-0.4, -0.2) is 41.9 Å². The molecule has 0 aliphatic heterocycles. The molecule has 9 heteroatoms. The Morgan fingerprint density at radius 3 is 2.56 bits per heavy atom. The van der Waals surface area contributed by atoms with Crippen LogP contribution in [-0.2, 0) is 16.1 Å². The lowest BCUT2D eigenvalue weighted by molar-refractivity contribution is -0.119. The molecule has 2 aromatic rings. The maximum absolute atomic E-state index is 12.2. The van der Waals surface area contributed by atoms with E-state index < -0.39 is 11.8 Å². The van der Waals surface area contributed by atoms with Crippen molar-refractivity contribution in [2.24, 2.45) is 5.73 Å². The van der Waals surface area contributed by atoms with E-state index in [-0.39, 0.29) is 24.4 Å². The number of aromatic nitrogens is 2. The molecular weight excluding hydrogens is 328 g/mol. The first-order chi connectivity index (χ1) is 12.0. The van der Waals surface area contributed by atoms with Crippen molar-refractivity contribution in [1.29, 1.82) is 0 Å². The molecule has 0 radical (unpaired) electrons. The molecule has 132 valence electrons. The average Bonchev–Trinajstić information content (AvgIpc) is 2.60. The SMILES string of the molecule is COCCn1nc(C(=O)Nc2ccc(OCC(N)=O)cc2)ccc1=O. The molecule has 0 bridgehead atoms. The van der Waals surface area contributed by atoms with Crippen molar-refractivity contribution < 1.29 is 19.1 Å². The van der Waals surface area contributed by atoms with E-state index in [0.717, 1.165) is 0 Å². The molecule has 3 N–H and O–H groups in total. The molecule has 1 aromatic heterocycles. The minimum atomic E-state index is -0.577. The number of ether oxygens (including phenoxy) is 2. The van der Waals surface area contributed by atoms with Gasteiger partial charge in [0.25, 0.3) is 17.4 Å². The van der Waals surface area contributed by atoms with Crippen LogP contribution in [0.4, 0.5) is 5.69 Å². The van der Waals surface area contributed by atoms with Crippen molar-refractivity contribution in [3.05, 3.63) is 52.4 Å². The van der Waals surface area contributed by atoms with E-state index in [9.17, 15) is 14.4 Å². The summed E-state index contributed by atoms with van der Waals surface area (Å²) in [5.41, 5.74) is 5.29. The van der Waals surface area contributed by atoms with E-state index in [1.165, 1.54) is 23.9 Å². The lowest BCUT2D eigenvalue weighted by Crippen LogP contribution is -2.27. The fraction of sp³-hybridized carbons (Fsp3) is 0.250. The number of amides is 2. The monoisotopic (exact) mass is 346 g/mol. The lowest BCUT2D eigenvalue weighted by atomic mass is 10.3. The van der Waals surface area contributed by atoms with Gasteiger partial charge in [-0.1, -0.05) is 0 Å². The summed E-state index contributed by atoms with van der Waals surface area (Å²) in [5.74, 6) is -0.591. The summed E-state index contributed by atoms with van der Waals surface area (Å²) in [6.07, 6.45) is 0. The van der Waals surface area contributed by atoms with Gasteiger partial charge in [-0.3, -0.25) is 14.4 Å². The molecule has 9 nitrogen and oxygen atoms in total. The summed E-state index contributed by atoms with van der Waals surface area (Å²) in [6.45, 7) is 0.339. The zero-order valence-electron chi connectivity index (χ0n) is 13.6. The predicted molar refractivity (Wildman–Crippen MR) is 89.5 cm³/mol. The van der Waals surface area contributed by atoms with Crippen molar-refractivity contribution in [2.75, 3.05) is 25.6 Å². The van der Waals surface area contributed by atoms with Crippen LogP contribution in [0.2, 0.25) is 0 Å². The predicted octanol–water partition coefficient (Wildman–Crippen LogP) is 0.00610. The number of carbonyl (C=O) groups excluding carboxylic acids is 2. The molecule has 2 amide bonds. The number of hydrogen-bond acceptors (Lipinski definition) is 6. The van der Waals surface area contributed by atoms with Crippen molar-refractivity contribution in [2.45, 2.75) is 6.54 Å². The summed E-state index contributed by atoms with van der Waals surface area (Å²) in [4.78, 5) is 34.6. The van der Waals surface area contributed by atoms with Gasteiger partial charge in [0, 0.05) is 18.9 Å². The van der Waals surface area contributed by atoms with Crippen LogP contribution < -0.4 is 21.3 Å². The topological polar surface area (TPSA) is 126 Å². The van der Waals surface area contributed by atoms with Gasteiger partial charge >= 0.3 is 0 Å². The summed E-state index contributed by atoms with van der Waals surface area (Å²) < 4.78 is 11.2. The van der Waals surface area contributed by atoms with Crippen LogP contribution in [0.15, 0.2) is 41.2 Å². The van der Waals surface area contributed by atoms with Crippen molar-refractivity contribution >= 4 is 17.5 Å². The molecule has 0 saturated heterocycles. The Morgan fingerprint density at radius 1 is 1.20 bits per heavy atom. The van der Waals surface area contributed by atoms with Crippen LogP contribution in [0.25, 0.3) is 0 Å². The van der Waals surface area contributed by atoms with E-state index in [1.807, 2.05) is 0 Å². The number of nitrogens with two attached hydrogens (primary N) is 1. The Labute approximate surface area is 143 Å². The molecule has 1 aromatic carbocycles. The van der Waals surface area contributed by atoms with Crippen LogP contribution in [0.1, 0.15) is 10.5 Å². The zero-order chi connectivity index (χ0) is 18.2. The Bertz CT molecular complexity index is 801. The van der Waals surface area contributed by atoms with Crippen molar-refractivity contribution in [3.8, 4) is 5.75 Å². The Morgan fingerprint density at radius 2 is 1.92 bits per heavy atom. The Kier molecular flexibility index (Phi) is 6.24. The molecular formula is C16H18N4O5. The van der Waals surface area contributed by atoms with Crippen LogP contribution in [0.3, 0.4) is 0 Å². The van der Waals surface area contributed by atoms with Gasteiger partial charge in [0.2, 0.25) is 0 Å². The van der Waals surface area contributed by atoms with Crippen molar-refractivity contribution in [3.63, 3.8) is 0 Å². The summed E-state index contributed by atoms with van der Waals surface area (Å²) in [5, 5.41) is 6.67. The first-order valence-corrected chi connectivity index (χ1v) is 7.39. The number of methoxy groups -OCH3 is 1. The first-order valence-electron chi connectivity index (χ1n) is 7.39. The van der Waals surface area contributed by atoms with Gasteiger partial charge < -0.3 is 20.5 Å². The maximum Gasteiger partial charge on any atom is 0.276 e. The first kappa shape index (κ1) is 18.1. The smallest absolute Gasteiger partial charge is 0.276 e. The fourth-order valence-electron chi connectivity index (χ4n) is 1.89. The Hall–Kier alpha value is -3.20. The molecule has 0 unspecified atom stereocenters.